The third-order valence-electron chi connectivity index (χ3n) is 11.6. The van der Waals surface area contributed by atoms with Crippen LogP contribution in [0.4, 0.5) is 17.1 Å². The van der Waals surface area contributed by atoms with Crippen LogP contribution in [0.25, 0.3) is 83.6 Å². The van der Waals surface area contributed by atoms with Crippen LogP contribution in [-0.4, -0.2) is 29.1 Å². The molecule has 11 aromatic rings. The van der Waals surface area contributed by atoms with Crippen LogP contribution in [0, 0.1) is 0 Å². The van der Waals surface area contributed by atoms with Gasteiger partial charge < -0.3 is 14.0 Å². The monoisotopic (exact) mass is 757 g/mol. The molecule has 0 radical (unpaired) electrons. The van der Waals surface area contributed by atoms with E-state index in [0.717, 1.165) is 113 Å². The van der Waals surface area contributed by atoms with Crippen LogP contribution >= 0.6 is 0 Å². The summed E-state index contributed by atoms with van der Waals surface area (Å²) >= 11 is 0. The fourth-order valence-corrected chi connectivity index (χ4v) is 8.97. The van der Waals surface area contributed by atoms with E-state index in [-0.39, 0.29) is 0 Å². The lowest BCUT2D eigenvalue weighted by Gasteiger charge is -2.25. The minimum absolute atomic E-state index is 0.741. The van der Waals surface area contributed by atoms with Gasteiger partial charge in [0.05, 0.1) is 27.6 Å². The van der Waals surface area contributed by atoms with Gasteiger partial charge in [-0.1, -0.05) is 78.9 Å². The van der Waals surface area contributed by atoms with E-state index in [0.29, 0.717) is 0 Å². The summed E-state index contributed by atoms with van der Waals surface area (Å²) in [4.78, 5) is 21.9. The van der Waals surface area contributed by atoms with Crippen LogP contribution in [0.15, 0.2) is 182 Å². The highest BCUT2D eigenvalue weighted by Crippen LogP contribution is 2.40. The Balaban J connectivity index is 1.12. The van der Waals surface area contributed by atoms with E-state index < -0.39 is 0 Å². The Morgan fingerprint density at radius 1 is 0.475 bits per heavy atom. The molecule has 12 rings (SSSR count). The lowest BCUT2D eigenvalue weighted by Crippen LogP contribution is -2.09. The van der Waals surface area contributed by atoms with E-state index >= 15 is 0 Å². The van der Waals surface area contributed by atoms with E-state index in [1.54, 1.807) is 0 Å². The Kier molecular flexibility index (Phi) is 7.53. The lowest BCUT2D eigenvalue weighted by molar-refractivity contribution is 0.888. The molecule has 59 heavy (non-hydrogen) atoms. The second-order valence-corrected chi connectivity index (χ2v) is 15.1. The van der Waals surface area contributed by atoms with Crippen LogP contribution < -0.4 is 4.90 Å². The maximum atomic E-state index is 5.17. The van der Waals surface area contributed by atoms with Gasteiger partial charge in [-0.2, -0.15) is 0 Å². The number of rotatable bonds is 6. The quantitative estimate of drug-likeness (QED) is 0.169. The van der Waals surface area contributed by atoms with Crippen molar-refractivity contribution in [2.45, 2.75) is 12.8 Å². The number of hydrogen-bond acceptors (Lipinski definition) is 5. The topological polar surface area (TPSA) is 64.7 Å². The zero-order valence-corrected chi connectivity index (χ0v) is 31.9. The second-order valence-electron chi connectivity index (χ2n) is 15.1. The molecule has 0 unspecified atom stereocenters. The number of fused-ring (bicyclic) bond motifs is 8. The van der Waals surface area contributed by atoms with Crippen molar-refractivity contribution >= 4 is 78.2 Å². The summed E-state index contributed by atoms with van der Waals surface area (Å²) in [5.41, 5.74) is 16.7. The highest BCUT2D eigenvalue weighted by atomic mass is 15.1. The Bertz CT molecular complexity index is 3400. The molecule has 6 heterocycles. The largest absolute Gasteiger partial charge is 0.311 e. The summed E-state index contributed by atoms with van der Waals surface area (Å²) < 4.78 is 4.81. The molecule has 0 bridgehead atoms. The summed E-state index contributed by atoms with van der Waals surface area (Å²) in [5.74, 6) is 0. The standard InChI is InChI=1S/C52H35N7/c1-3-15-38(16-4-1)57(39-17-5-2-6-18-39)40-25-23-34(24-26-40)37-29-41(58-45-21-9-7-19-43(45)49-47(58)31-35-13-11-27-53-51(35)55-49)33-42(30-37)59-46-22-10-8-20-44(46)50-48(59)32-36-14-12-28-54-52(36)56-50/h1-9,11-21,23-33H,10,22H2. The Morgan fingerprint density at radius 3 is 1.76 bits per heavy atom. The molecule has 0 amide bonds. The van der Waals surface area contributed by atoms with Gasteiger partial charge in [0.25, 0.3) is 0 Å². The summed E-state index contributed by atoms with van der Waals surface area (Å²) in [6.07, 6.45) is 10.0. The van der Waals surface area contributed by atoms with Gasteiger partial charge in [-0.3, -0.25) is 0 Å². The van der Waals surface area contributed by atoms with Gasteiger partial charge in [0, 0.05) is 68.2 Å². The summed E-state index contributed by atoms with van der Waals surface area (Å²) in [7, 11) is 0. The Hall–Kier alpha value is -7.90. The molecule has 0 spiro atoms. The van der Waals surface area contributed by atoms with Crippen LogP contribution in [0.5, 0.6) is 0 Å². The van der Waals surface area contributed by atoms with Gasteiger partial charge in [0.1, 0.15) is 0 Å². The lowest BCUT2D eigenvalue weighted by atomic mass is 10.0. The molecule has 0 aliphatic heterocycles. The zero-order valence-electron chi connectivity index (χ0n) is 31.9. The number of nitrogens with zero attached hydrogens (tertiary/aromatic N) is 7. The number of para-hydroxylation sites is 3. The smallest absolute Gasteiger partial charge is 0.159 e. The number of hydrogen-bond donors (Lipinski definition) is 0. The third kappa shape index (κ3) is 5.43. The average Bonchev–Trinajstić information content (AvgIpc) is 3.80. The Morgan fingerprint density at radius 2 is 1.07 bits per heavy atom. The first kappa shape index (κ1) is 33.3. The molecule has 0 atom stereocenters. The van der Waals surface area contributed by atoms with Crippen molar-refractivity contribution in [3.05, 3.63) is 194 Å². The number of benzene rings is 5. The summed E-state index contributed by atoms with van der Waals surface area (Å²) in [6.45, 7) is 0. The third-order valence-corrected chi connectivity index (χ3v) is 11.6. The second kappa shape index (κ2) is 13.4. The summed E-state index contributed by atoms with van der Waals surface area (Å²) in [6, 6.07) is 58.2. The van der Waals surface area contributed by atoms with Crippen LogP contribution in [0.2, 0.25) is 0 Å². The predicted molar refractivity (Wildman–Crippen MR) is 241 cm³/mol. The summed E-state index contributed by atoms with van der Waals surface area (Å²) in [5, 5.41) is 3.11. The molecule has 0 saturated heterocycles. The van der Waals surface area contributed by atoms with Crippen molar-refractivity contribution < 1.29 is 0 Å². The normalized spacial score (nSPS) is 12.5. The molecule has 0 fully saturated rings. The molecule has 1 aliphatic rings. The molecule has 7 nitrogen and oxygen atoms in total. The van der Waals surface area contributed by atoms with Crippen LogP contribution in [0.1, 0.15) is 17.7 Å². The van der Waals surface area contributed by atoms with Gasteiger partial charge >= 0.3 is 0 Å². The molecular weight excluding hydrogens is 723 g/mol. The fourth-order valence-electron chi connectivity index (χ4n) is 8.97. The minimum Gasteiger partial charge on any atom is -0.311 e. The van der Waals surface area contributed by atoms with Crippen molar-refractivity contribution in [2.24, 2.45) is 0 Å². The number of anilines is 3. The van der Waals surface area contributed by atoms with Gasteiger partial charge in [-0.05, 0) is 121 Å². The van der Waals surface area contributed by atoms with E-state index in [1.807, 2.05) is 24.5 Å². The van der Waals surface area contributed by atoms with Crippen molar-refractivity contribution in [3.63, 3.8) is 0 Å². The molecular formula is C52H35N7. The molecule has 6 aromatic heterocycles. The van der Waals surface area contributed by atoms with Gasteiger partial charge in [-0.15, -0.1) is 0 Å². The average molecular weight is 758 g/mol. The van der Waals surface area contributed by atoms with E-state index in [9.17, 15) is 0 Å². The maximum absolute atomic E-state index is 5.17. The van der Waals surface area contributed by atoms with E-state index in [1.165, 1.54) is 5.69 Å². The molecule has 1 aliphatic carbocycles. The first-order valence-electron chi connectivity index (χ1n) is 20.0. The van der Waals surface area contributed by atoms with Crippen LogP contribution in [0.3, 0.4) is 0 Å². The Labute approximate surface area is 339 Å². The molecule has 278 valence electrons. The molecule has 0 N–H and O–H groups in total. The van der Waals surface area contributed by atoms with Crippen molar-refractivity contribution in [3.8, 4) is 22.5 Å². The van der Waals surface area contributed by atoms with Crippen molar-refractivity contribution in [1.82, 2.24) is 29.1 Å². The maximum Gasteiger partial charge on any atom is 0.159 e. The number of pyridine rings is 4. The highest BCUT2D eigenvalue weighted by molar-refractivity contribution is 6.10. The van der Waals surface area contributed by atoms with Crippen LogP contribution in [-0.2, 0) is 6.42 Å². The minimum atomic E-state index is 0.741. The fraction of sp³-hybridized carbons (Fsp3) is 0.0385. The van der Waals surface area contributed by atoms with E-state index in [4.69, 9.17) is 9.97 Å². The first-order valence-corrected chi connectivity index (χ1v) is 20.0. The van der Waals surface area contributed by atoms with Gasteiger partial charge in [-0.25, -0.2) is 19.9 Å². The SMILES string of the molecule is C1=Cc2c(n(-c3cc(-c4ccc(N(c5ccccc5)c5ccccc5)cc4)cc(-n4c5ccccc5c5nc6ncccc6cc54)c3)c3cc4cccnc4nc23)CC1. The molecule has 5 aromatic carbocycles. The van der Waals surface area contributed by atoms with Crippen molar-refractivity contribution in [2.75, 3.05) is 4.90 Å². The zero-order chi connectivity index (χ0) is 38.9. The number of allylic oxidation sites excluding steroid dienone is 1. The first-order chi connectivity index (χ1) is 29.2. The van der Waals surface area contributed by atoms with Gasteiger partial charge in [0.2, 0.25) is 0 Å². The molecule has 0 saturated carbocycles. The van der Waals surface area contributed by atoms with Crippen molar-refractivity contribution in [1.29, 1.82) is 0 Å². The van der Waals surface area contributed by atoms with Gasteiger partial charge in [0.15, 0.2) is 11.3 Å². The highest BCUT2D eigenvalue weighted by Gasteiger charge is 2.23. The predicted octanol–water partition coefficient (Wildman–Crippen LogP) is 12.7. The van der Waals surface area contributed by atoms with E-state index in [2.05, 4.69) is 188 Å². The number of aromatic nitrogens is 6. The molecule has 7 heteroatoms.